The van der Waals surface area contributed by atoms with Gasteiger partial charge in [-0.25, -0.2) is 0 Å². The number of piperidine rings is 1. The zero-order valence-corrected chi connectivity index (χ0v) is 15.0. The van der Waals surface area contributed by atoms with Crippen molar-refractivity contribution in [3.05, 3.63) is 0 Å². The molecule has 1 heterocycles. The number of carbonyl (C=O) groups is 1. The van der Waals surface area contributed by atoms with Crippen molar-refractivity contribution in [2.75, 3.05) is 0 Å². The second-order valence-corrected chi connectivity index (χ2v) is 8.00. The van der Waals surface area contributed by atoms with Crippen LogP contribution in [0, 0.1) is 0 Å². The Balaban J connectivity index is 2.61. The molecule has 1 saturated heterocycles. The topological polar surface area (TPSA) is 52.6 Å². The Hall–Kier alpha value is 0.286. The summed E-state index contributed by atoms with van der Waals surface area (Å²) in [6, 6.07) is 0.162. The van der Waals surface area contributed by atoms with Crippen molar-refractivity contribution in [1.82, 2.24) is 10.4 Å². The molecule has 4 nitrogen and oxygen atoms in total. The third-order valence-electron chi connectivity index (χ3n) is 3.55. The molecule has 1 fully saturated rings. The Kier molecular flexibility index (Phi) is 5.59. The van der Waals surface area contributed by atoms with E-state index in [1.807, 2.05) is 27.7 Å². The van der Waals surface area contributed by atoms with Crippen LogP contribution in [0.2, 0.25) is 4.08 Å². The number of amides is 1. The molecule has 5 heteroatoms. The minimum absolute atomic E-state index is 0.152. The van der Waals surface area contributed by atoms with E-state index in [1.165, 1.54) is 30.1 Å². The summed E-state index contributed by atoms with van der Waals surface area (Å²) in [5.41, 5.74) is -0.594. The Labute approximate surface area is 126 Å². The van der Waals surface area contributed by atoms with Crippen molar-refractivity contribution in [1.29, 1.82) is 0 Å². The molecule has 0 unspecified atom stereocenters. The van der Waals surface area contributed by atoms with Crippen LogP contribution in [-0.4, -0.2) is 58.4 Å². The molecule has 0 atom stereocenters. The van der Waals surface area contributed by atoms with E-state index in [2.05, 4.69) is 5.32 Å². The fraction of sp³-hybridized carbons (Fsp3) is 0.923. The van der Waals surface area contributed by atoms with Crippen LogP contribution in [-0.2, 0) is 4.79 Å². The van der Waals surface area contributed by atoms with E-state index in [9.17, 15) is 10.0 Å². The number of carbonyl (C=O) groups excluding carboxylic acids is 1. The summed E-state index contributed by atoms with van der Waals surface area (Å²) in [5.74, 6) is 0.152. The Morgan fingerprint density at radius 2 is 1.83 bits per heavy atom. The Bertz CT molecular complexity index is 287. The van der Waals surface area contributed by atoms with Crippen molar-refractivity contribution in [3.63, 3.8) is 0 Å². The first-order valence-corrected chi connectivity index (χ1v) is 8.80. The fourth-order valence-electron chi connectivity index (χ4n) is 2.91. The van der Waals surface area contributed by atoms with Crippen LogP contribution in [0.25, 0.3) is 0 Å². The van der Waals surface area contributed by atoms with Crippen LogP contribution in [0.3, 0.4) is 0 Å². The molecule has 0 spiro atoms. The first kappa shape index (κ1) is 16.3. The molecule has 0 bridgehead atoms. The molecule has 0 aromatic heterocycles. The van der Waals surface area contributed by atoms with Crippen LogP contribution in [0.4, 0.5) is 0 Å². The van der Waals surface area contributed by atoms with Crippen molar-refractivity contribution < 1.29 is 10.0 Å². The fourth-order valence-corrected chi connectivity index (χ4v) is 3.47. The molecule has 1 amide bonds. The molecule has 1 radical (unpaired) electrons. The first-order chi connectivity index (χ1) is 8.19. The first-order valence-electron chi connectivity index (χ1n) is 6.56. The number of hydrogen-bond acceptors (Lipinski definition) is 3. The number of rotatable bonds is 4. The van der Waals surface area contributed by atoms with Crippen LogP contribution in [0.5, 0.6) is 0 Å². The maximum absolute atomic E-state index is 11.8. The Morgan fingerprint density at radius 1 is 1.33 bits per heavy atom. The van der Waals surface area contributed by atoms with Gasteiger partial charge in [0.25, 0.3) is 0 Å². The standard InChI is InChI=1S/C13H25N2O2.Po/c1-6-7-11(16)14-10-8-12(2,3)15(17)13(4,5)9-10;/h10,17H,1,6-9H2,2-5H3,(H,14,16);. The summed E-state index contributed by atoms with van der Waals surface area (Å²) in [4.78, 5) is 11.8. The molecule has 0 saturated carbocycles. The summed E-state index contributed by atoms with van der Waals surface area (Å²) in [6.07, 6.45) is 3.18. The molecule has 1 rings (SSSR count). The predicted octanol–water partition coefficient (Wildman–Crippen LogP) is 1.88. The number of nitrogens with one attached hydrogen (secondary N) is 1. The van der Waals surface area contributed by atoms with Gasteiger partial charge in [-0.3, -0.25) is 0 Å². The summed E-state index contributed by atoms with van der Waals surface area (Å²) in [7, 11) is 0. The molecule has 105 valence electrons. The molecular weight excluding hydrogens is 425 g/mol. The average molecular weight is 450 g/mol. The van der Waals surface area contributed by atoms with Gasteiger partial charge in [0, 0.05) is 0 Å². The molecule has 0 aliphatic carbocycles. The summed E-state index contributed by atoms with van der Waals surface area (Å²) >= 11 is 1.54. The van der Waals surface area contributed by atoms with Crippen molar-refractivity contribution in [2.45, 2.75) is 74.6 Å². The second kappa shape index (κ2) is 6.16. The van der Waals surface area contributed by atoms with Gasteiger partial charge in [0.05, 0.1) is 0 Å². The second-order valence-electron chi connectivity index (χ2n) is 6.42. The minimum atomic E-state index is -0.297. The van der Waals surface area contributed by atoms with Crippen molar-refractivity contribution >= 4 is 31.0 Å². The van der Waals surface area contributed by atoms with Crippen molar-refractivity contribution in [3.8, 4) is 0 Å². The van der Waals surface area contributed by atoms with E-state index in [0.717, 1.165) is 23.3 Å². The zero-order chi connectivity index (χ0) is 14.0. The molecule has 1 aliphatic heterocycles. The summed E-state index contributed by atoms with van der Waals surface area (Å²) in [6.45, 7) is 8.07. The van der Waals surface area contributed by atoms with Gasteiger partial charge >= 0.3 is 126 Å². The SMILES string of the molecule is CC1(C)CC(NC(=O)CC[CH2][Po])CC(C)(C)N1O. The van der Waals surface area contributed by atoms with Crippen LogP contribution in [0.1, 0.15) is 53.4 Å². The summed E-state index contributed by atoms with van der Waals surface area (Å²) in [5, 5.41) is 14.7. The molecule has 2 N–H and O–H groups in total. The molecule has 0 aromatic carbocycles. The van der Waals surface area contributed by atoms with Gasteiger partial charge in [-0.2, -0.15) is 0 Å². The molecule has 1 aliphatic rings. The third kappa shape index (κ3) is 4.15. The van der Waals surface area contributed by atoms with Crippen molar-refractivity contribution in [2.24, 2.45) is 0 Å². The van der Waals surface area contributed by atoms with Gasteiger partial charge in [0.15, 0.2) is 0 Å². The van der Waals surface area contributed by atoms with Gasteiger partial charge in [-0.05, 0) is 0 Å². The normalized spacial score (nSPS) is 23.9. The number of nitrogens with zero attached hydrogens (tertiary/aromatic N) is 1. The van der Waals surface area contributed by atoms with Crippen LogP contribution >= 0.6 is 0 Å². The molecular formula is C13H25N2O2Po. The van der Waals surface area contributed by atoms with Gasteiger partial charge in [0.2, 0.25) is 0 Å². The van der Waals surface area contributed by atoms with E-state index in [1.54, 1.807) is 0 Å². The molecule has 0 aromatic rings. The van der Waals surface area contributed by atoms with E-state index < -0.39 is 0 Å². The molecule has 18 heavy (non-hydrogen) atoms. The van der Waals surface area contributed by atoms with E-state index in [0.29, 0.717) is 6.42 Å². The number of hydrogen-bond donors (Lipinski definition) is 2. The van der Waals surface area contributed by atoms with E-state index in [4.69, 9.17) is 0 Å². The van der Waals surface area contributed by atoms with Crippen LogP contribution < -0.4 is 5.32 Å². The van der Waals surface area contributed by atoms with Crippen LogP contribution in [0.15, 0.2) is 0 Å². The van der Waals surface area contributed by atoms with Gasteiger partial charge < -0.3 is 0 Å². The monoisotopic (exact) mass is 450 g/mol. The van der Waals surface area contributed by atoms with Gasteiger partial charge in [0.1, 0.15) is 0 Å². The van der Waals surface area contributed by atoms with Gasteiger partial charge in [-0.1, -0.05) is 0 Å². The third-order valence-corrected chi connectivity index (χ3v) is 4.67. The zero-order valence-electron chi connectivity index (χ0n) is 11.8. The van der Waals surface area contributed by atoms with E-state index >= 15 is 0 Å². The average Bonchev–Trinajstić information content (AvgIpc) is 2.22. The quantitative estimate of drug-likeness (QED) is 0.688. The number of hydroxylamine groups is 2. The summed E-state index contributed by atoms with van der Waals surface area (Å²) < 4.78 is 1.12. The van der Waals surface area contributed by atoms with Gasteiger partial charge in [-0.15, -0.1) is 0 Å². The van der Waals surface area contributed by atoms with E-state index in [-0.39, 0.29) is 23.0 Å². The Morgan fingerprint density at radius 3 is 2.28 bits per heavy atom. The predicted molar refractivity (Wildman–Crippen MR) is 72.7 cm³/mol. The maximum atomic E-state index is 11.8.